The second-order valence-corrected chi connectivity index (χ2v) is 9.55. The van der Waals surface area contributed by atoms with Gasteiger partial charge in [0, 0.05) is 43.6 Å². The first kappa shape index (κ1) is 26.1. The van der Waals surface area contributed by atoms with E-state index in [1.54, 1.807) is 7.05 Å². The minimum atomic E-state index is 0. The summed E-state index contributed by atoms with van der Waals surface area (Å²) >= 11 is 1.95. The minimum absolute atomic E-state index is 0. The largest absolute Gasteiger partial charge is 0.489 e. The molecule has 0 aromatic heterocycles. The van der Waals surface area contributed by atoms with E-state index in [1.165, 1.54) is 5.56 Å². The second-order valence-electron chi connectivity index (χ2n) is 8.33. The number of guanidine groups is 1. The highest BCUT2D eigenvalue weighted by molar-refractivity contribution is 14.0. The molecule has 0 radical (unpaired) electrons. The predicted molar refractivity (Wildman–Crippen MR) is 141 cm³/mol. The molecule has 174 valence electrons. The average Bonchev–Trinajstić information content (AvgIpc) is 2.77. The Bertz CT molecular complexity index is 719. The number of halogens is 1. The number of benzene rings is 1. The molecule has 0 spiro atoms. The SMILES string of the molecule is CN=C(NCC(C)Oc1cccc(C)c1)NC1CCC(C(=O)N2CCSCC2)CC1.I. The number of carbonyl (C=O) groups is 1. The number of nitrogens with zero attached hydrogens (tertiary/aromatic N) is 2. The Morgan fingerprint density at radius 3 is 2.61 bits per heavy atom. The summed E-state index contributed by atoms with van der Waals surface area (Å²) in [5.74, 6) is 4.43. The van der Waals surface area contributed by atoms with Gasteiger partial charge in [0.15, 0.2) is 5.96 Å². The van der Waals surface area contributed by atoms with Crippen LogP contribution >= 0.6 is 35.7 Å². The van der Waals surface area contributed by atoms with Gasteiger partial charge in [-0.1, -0.05) is 12.1 Å². The normalized spacial score (nSPS) is 22.8. The molecule has 2 fully saturated rings. The number of amides is 1. The molecule has 2 aliphatic rings. The van der Waals surface area contributed by atoms with Crippen molar-refractivity contribution in [3.63, 3.8) is 0 Å². The molecule has 1 aromatic rings. The number of rotatable bonds is 6. The third-order valence-corrected chi connectivity index (χ3v) is 6.79. The molecule has 3 rings (SSSR count). The molecule has 31 heavy (non-hydrogen) atoms. The van der Waals surface area contributed by atoms with Crippen molar-refractivity contribution in [3.8, 4) is 5.75 Å². The molecule has 2 N–H and O–H groups in total. The van der Waals surface area contributed by atoms with Gasteiger partial charge >= 0.3 is 0 Å². The number of thioether (sulfide) groups is 1. The number of hydrogen-bond donors (Lipinski definition) is 2. The van der Waals surface area contributed by atoms with Crippen LogP contribution in [-0.2, 0) is 4.79 Å². The molecule has 1 unspecified atom stereocenters. The summed E-state index contributed by atoms with van der Waals surface area (Å²) in [5.41, 5.74) is 1.19. The average molecular weight is 561 g/mol. The lowest BCUT2D eigenvalue weighted by molar-refractivity contribution is -0.136. The van der Waals surface area contributed by atoms with Crippen LogP contribution in [0.25, 0.3) is 0 Å². The second kappa shape index (κ2) is 13.4. The number of aliphatic imine (C=N–C) groups is 1. The molecule has 1 heterocycles. The molecule has 1 aromatic carbocycles. The molecule has 8 heteroatoms. The number of carbonyl (C=O) groups excluding carboxylic acids is 1. The standard InChI is InChI=1S/C23H36N4O2S.HI/c1-17-5-4-6-21(15-17)29-18(2)16-25-23(24-3)26-20-9-7-19(8-10-20)22(28)27-11-13-30-14-12-27;/h4-6,15,18-20H,7-14,16H2,1-3H3,(H2,24,25,26);1H. The Labute approximate surface area is 208 Å². The van der Waals surface area contributed by atoms with Gasteiger partial charge in [-0.15, -0.1) is 24.0 Å². The van der Waals surface area contributed by atoms with E-state index >= 15 is 0 Å². The number of ether oxygens (including phenoxy) is 1. The Morgan fingerprint density at radius 1 is 1.26 bits per heavy atom. The first-order valence-electron chi connectivity index (χ1n) is 11.1. The highest BCUT2D eigenvalue weighted by atomic mass is 127. The molecule has 1 saturated heterocycles. The van der Waals surface area contributed by atoms with Crippen molar-refractivity contribution in [2.75, 3.05) is 38.2 Å². The van der Waals surface area contributed by atoms with Crippen molar-refractivity contribution >= 4 is 47.6 Å². The summed E-state index contributed by atoms with van der Waals surface area (Å²) in [6.07, 6.45) is 3.97. The Morgan fingerprint density at radius 2 is 1.97 bits per heavy atom. The highest BCUT2D eigenvalue weighted by Crippen LogP contribution is 2.27. The van der Waals surface area contributed by atoms with Crippen LogP contribution < -0.4 is 15.4 Å². The molecule has 1 aliphatic carbocycles. The molecule has 1 amide bonds. The Kier molecular flexibility index (Phi) is 11.3. The number of nitrogens with one attached hydrogen (secondary N) is 2. The van der Waals surface area contributed by atoms with Gasteiger partial charge in [0.05, 0.1) is 6.54 Å². The highest BCUT2D eigenvalue weighted by Gasteiger charge is 2.30. The van der Waals surface area contributed by atoms with Crippen molar-refractivity contribution in [2.24, 2.45) is 10.9 Å². The van der Waals surface area contributed by atoms with E-state index in [0.717, 1.165) is 62.0 Å². The van der Waals surface area contributed by atoms with Crippen LogP contribution in [0.5, 0.6) is 5.75 Å². The van der Waals surface area contributed by atoms with E-state index in [0.29, 0.717) is 18.5 Å². The fraction of sp³-hybridized carbons (Fsp3) is 0.652. The zero-order chi connectivity index (χ0) is 21.3. The van der Waals surface area contributed by atoms with Gasteiger partial charge in [-0.2, -0.15) is 11.8 Å². The summed E-state index contributed by atoms with van der Waals surface area (Å²) < 4.78 is 5.99. The number of hydrogen-bond acceptors (Lipinski definition) is 4. The summed E-state index contributed by atoms with van der Waals surface area (Å²) in [4.78, 5) is 19.2. The van der Waals surface area contributed by atoms with Gasteiger partial charge in [-0.05, 0) is 57.2 Å². The zero-order valence-corrected chi connectivity index (χ0v) is 22.1. The summed E-state index contributed by atoms with van der Waals surface area (Å²) in [6, 6.07) is 8.47. The maximum absolute atomic E-state index is 12.7. The van der Waals surface area contributed by atoms with E-state index in [1.807, 2.05) is 30.0 Å². The van der Waals surface area contributed by atoms with Crippen molar-refractivity contribution in [1.82, 2.24) is 15.5 Å². The van der Waals surface area contributed by atoms with Crippen LogP contribution in [-0.4, -0.2) is 67.1 Å². The maximum Gasteiger partial charge on any atom is 0.225 e. The lowest BCUT2D eigenvalue weighted by atomic mass is 9.85. The smallest absolute Gasteiger partial charge is 0.225 e. The van der Waals surface area contributed by atoms with Crippen LogP contribution in [0.1, 0.15) is 38.2 Å². The van der Waals surface area contributed by atoms with E-state index in [-0.39, 0.29) is 36.0 Å². The molecule has 0 bridgehead atoms. The van der Waals surface area contributed by atoms with Crippen molar-refractivity contribution in [1.29, 1.82) is 0 Å². The van der Waals surface area contributed by atoms with Crippen LogP contribution in [0.4, 0.5) is 0 Å². The molecule has 1 saturated carbocycles. The van der Waals surface area contributed by atoms with Gasteiger partial charge in [-0.3, -0.25) is 9.79 Å². The van der Waals surface area contributed by atoms with Gasteiger partial charge in [0.25, 0.3) is 0 Å². The quantitative estimate of drug-likeness (QED) is 0.316. The first-order valence-corrected chi connectivity index (χ1v) is 12.3. The van der Waals surface area contributed by atoms with Crippen molar-refractivity contribution in [2.45, 2.75) is 51.7 Å². The van der Waals surface area contributed by atoms with Gasteiger partial charge in [0.2, 0.25) is 5.91 Å². The third kappa shape index (κ3) is 8.36. The molecular formula is C23H37IN4O2S. The van der Waals surface area contributed by atoms with Crippen molar-refractivity contribution in [3.05, 3.63) is 29.8 Å². The molecule has 6 nitrogen and oxygen atoms in total. The van der Waals surface area contributed by atoms with Gasteiger partial charge in [0.1, 0.15) is 11.9 Å². The van der Waals surface area contributed by atoms with Gasteiger partial charge in [-0.25, -0.2) is 0 Å². The van der Waals surface area contributed by atoms with Crippen LogP contribution in [0, 0.1) is 12.8 Å². The topological polar surface area (TPSA) is 66.0 Å². The van der Waals surface area contributed by atoms with Crippen molar-refractivity contribution < 1.29 is 9.53 Å². The Balaban J connectivity index is 0.00000341. The summed E-state index contributed by atoms with van der Waals surface area (Å²) in [5, 5.41) is 6.90. The first-order chi connectivity index (χ1) is 14.5. The van der Waals surface area contributed by atoms with Crippen LogP contribution in [0.3, 0.4) is 0 Å². The fourth-order valence-electron chi connectivity index (χ4n) is 4.12. The monoisotopic (exact) mass is 560 g/mol. The minimum Gasteiger partial charge on any atom is -0.489 e. The predicted octanol–water partition coefficient (Wildman–Crippen LogP) is 3.68. The molecule has 1 atom stereocenters. The maximum atomic E-state index is 12.7. The molecule has 1 aliphatic heterocycles. The van der Waals surface area contributed by atoms with E-state index in [9.17, 15) is 4.79 Å². The van der Waals surface area contributed by atoms with E-state index in [4.69, 9.17) is 4.74 Å². The summed E-state index contributed by atoms with van der Waals surface area (Å²) in [7, 11) is 1.80. The zero-order valence-electron chi connectivity index (χ0n) is 18.9. The lowest BCUT2D eigenvalue weighted by Gasteiger charge is -2.34. The van der Waals surface area contributed by atoms with Crippen LogP contribution in [0.2, 0.25) is 0 Å². The van der Waals surface area contributed by atoms with Gasteiger partial charge < -0.3 is 20.3 Å². The summed E-state index contributed by atoms with van der Waals surface area (Å²) in [6.45, 7) is 6.63. The molecular weight excluding hydrogens is 523 g/mol. The van der Waals surface area contributed by atoms with E-state index < -0.39 is 0 Å². The van der Waals surface area contributed by atoms with E-state index in [2.05, 4.69) is 40.4 Å². The fourth-order valence-corrected chi connectivity index (χ4v) is 5.02. The lowest BCUT2D eigenvalue weighted by Crippen LogP contribution is -2.48. The van der Waals surface area contributed by atoms with Crippen LogP contribution in [0.15, 0.2) is 29.3 Å². The Hall–Kier alpha value is -1.16. The number of aryl methyl sites for hydroxylation is 1. The third-order valence-electron chi connectivity index (χ3n) is 5.85.